The van der Waals surface area contributed by atoms with Gasteiger partial charge < -0.3 is 9.42 Å². The van der Waals surface area contributed by atoms with Gasteiger partial charge in [-0.15, -0.1) is 0 Å². The molecule has 2 unspecified atom stereocenters. The number of halogens is 2. The number of rotatable bonds is 3. The van der Waals surface area contributed by atoms with Crippen molar-refractivity contribution in [2.45, 2.75) is 57.4 Å². The van der Waals surface area contributed by atoms with E-state index in [-0.39, 0.29) is 23.7 Å². The Morgan fingerprint density at radius 1 is 1.34 bits per heavy atom. The molecular formula is C21H24ClFN4O2. The van der Waals surface area contributed by atoms with Crippen LogP contribution < -0.4 is 0 Å². The SMILES string of the molecule is CN=C(/C=C(\C)Cl)c1noc(C2CCC3CCC4=C(CCC(F)=C4)C(=O)N3C2)n1. The van der Waals surface area contributed by atoms with E-state index < -0.39 is 0 Å². The molecule has 2 aliphatic heterocycles. The summed E-state index contributed by atoms with van der Waals surface area (Å²) in [5, 5.41) is 4.63. The van der Waals surface area contributed by atoms with Crippen LogP contribution in [0.5, 0.6) is 0 Å². The fourth-order valence-electron chi connectivity index (χ4n) is 4.42. The summed E-state index contributed by atoms with van der Waals surface area (Å²) in [5.74, 6) is 0.800. The van der Waals surface area contributed by atoms with Crippen LogP contribution in [0.1, 0.15) is 63.1 Å². The van der Waals surface area contributed by atoms with E-state index in [0.29, 0.717) is 41.8 Å². The zero-order valence-corrected chi connectivity index (χ0v) is 17.4. The average molecular weight is 419 g/mol. The van der Waals surface area contributed by atoms with Gasteiger partial charge in [-0.2, -0.15) is 4.98 Å². The van der Waals surface area contributed by atoms with E-state index in [2.05, 4.69) is 15.1 Å². The molecule has 154 valence electrons. The van der Waals surface area contributed by atoms with Crippen LogP contribution in [0.25, 0.3) is 0 Å². The number of carbonyl (C=O) groups is 1. The van der Waals surface area contributed by atoms with Crippen LogP contribution in [-0.4, -0.2) is 46.3 Å². The molecule has 0 spiro atoms. The number of amides is 1. The van der Waals surface area contributed by atoms with Crippen molar-refractivity contribution in [3.63, 3.8) is 0 Å². The number of nitrogens with zero attached hydrogens (tertiary/aromatic N) is 4. The van der Waals surface area contributed by atoms with Gasteiger partial charge in [-0.25, -0.2) is 4.39 Å². The highest BCUT2D eigenvalue weighted by molar-refractivity contribution is 6.31. The second kappa shape index (κ2) is 8.22. The average Bonchev–Trinajstić information content (AvgIpc) is 3.15. The topological polar surface area (TPSA) is 71.6 Å². The first-order chi connectivity index (χ1) is 14.0. The number of allylic oxidation sites excluding steroid dienone is 5. The molecular weight excluding hydrogens is 395 g/mol. The quantitative estimate of drug-likeness (QED) is 0.680. The van der Waals surface area contributed by atoms with E-state index in [9.17, 15) is 9.18 Å². The summed E-state index contributed by atoms with van der Waals surface area (Å²) in [6, 6.07) is 0.179. The van der Waals surface area contributed by atoms with Crippen molar-refractivity contribution in [2.75, 3.05) is 13.6 Å². The molecule has 1 aromatic heterocycles. The zero-order chi connectivity index (χ0) is 20.5. The lowest BCUT2D eigenvalue weighted by atomic mass is 9.90. The van der Waals surface area contributed by atoms with Crippen molar-refractivity contribution >= 4 is 23.2 Å². The van der Waals surface area contributed by atoms with Crippen molar-refractivity contribution in [3.05, 3.63) is 45.9 Å². The maximum atomic E-state index is 13.7. The molecule has 0 saturated carbocycles. The van der Waals surface area contributed by atoms with Crippen molar-refractivity contribution < 1.29 is 13.7 Å². The standard InChI is InChI=1S/C21H24ClFN4O2/c1-12(22)9-18(24-2)19-25-20(29-26-19)14-4-7-16-6-3-13-10-15(23)5-8-17(13)21(28)27(16)11-14/h9-10,14,16H,3-8,11H2,1-2H3/b12-9+,24-18?. The van der Waals surface area contributed by atoms with E-state index in [1.807, 2.05) is 4.90 Å². The summed E-state index contributed by atoms with van der Waals surface area (Å²) in [6.45, 7) is 2.30. The van der Waals surface area contributed by atoms with Crippen LogP contribution in [0.4, 0.5) is 4.39 Å². The molecule has 0 N–H and O–H groups in total. The summed E-state index contributed by atoms with van der Waals surface area (Å²) in [5.41, 5.74) is 2.19. The Kier molecular flexibility index (Phi) is 5.67. The number of hydrogen-bond acceptors (Lipinski definition) is 5. The Hall–Kier alpha value is -2.28. The van der Waals surface area contributed by atoms with Gasteiger partial charge in [-0.05, 0) is 56.8 Å². The minimum atomic E-state index is -0.123. The third-order valence-electron chi connectivity index (χ3n) is 5.90. The van der Waals surface area contributed by atoms with Crippen molar-refractivity contribution in [1.29, 1.82) is 0 Å². The highest BCUT2D eigenvalue weighted by Gasteiger charge is 2.38. The molecule has 0 radical (unpaired) electrons. The minimum absolute atomic E-state index is 0.0198. The first-order valence-electron chi connectivity index (χ1n) is 10.00. The van der Waals surface area contributed by atoms with Crippen LogP contribution in [0.15, 0.2) is 43.7 Å². The third kappa shape index (κ3) is 4.06. The predicted molar refractivity (Wildman–Crippen MR) is 109 cm³/mol. The normalized spacial score (nSPS) is 26.1. The summed E-state index contributed by atoms with van der Waals surface area (Å²) >= 11 is 5.95. The lowest BCUT2D eigenvalue weighted by Crippen LogP contribution is -2.46. The Morgan fingerprint density at radius 3 is 2.93 bits per heavy atom. The van der Waals surface area contributed by atoms with E-state index in [0.717, 1.165) is 36.8 Å². The largest absolute Gasteiger partial charge is 0.339 e. The molecule has 1 fully saturated rings. The van der Waals surface area contributed by atoms with Crippen LogP contribution >= 0.6 is 11.6 Å². The van der Waals surface area contributed by atoms with E-state index in [1.54, 1.807) is 26.1 Å². The maximum Gasteiger partial charge on any atom is 0.250 e. The Morgan fingerprint density at radius 2 is 2.17 bits per heavy atom. The molecule has 0 bridgehead atoms. The summed E-state index contributed by atoms with van der Waals surface area (Å²) in [7, 11) is 1.65. The van der Waals surface area contributed by atoms with Crippen LogP contribution in [0.3, 0.4) is 0 Å². The van der Waals surface area contributed by atoms with Gasteiger partial charge in [-0.1, -0.05) is 16.8 Å². The molecule has 1 aliphatic carbocycles. The molecule has 8 heteroatoms. The Bertz CT molecular complexity index is 942. The van der Waals surface area contributed by atoms with E-state index >= 15 is 0 Å². The van der Waals surface area contributed by atoms with Gasteiger partial charge in [0.15, 0.2) is 0 Å². The van der Waals surface area contributed by atoms with Gasteiger partial charge in [0.2, 0.25) is 17.6 Å². The van der Waals surface area contributed by atoms with Crippen molar-refractivity contribution in [3.8, 4) is 0 Å². The second-order valence-electron chi connectivity index (χ2n) is 7.82. The Labute approximate surface area is 174 Å². The molecule has 2 atom stereocenters. The molecule has 1 saturated heterocycles. The van der Waals surface area contributed by atoms with E-state index in [1.165, 1.54) is 0 Å². The fraction of sp³-hybridized carbons (Fsp3) is 0.524. The van der Waals surface area contributed by atoms with Crippen LogP contribution in [-0.2, 0) is 4.79 Å². The zero-order valence-electron chi connectivity index (χ0n) is 16.6. The van der Waals surface area contributed by atoms with Gasteiger partial charge in [0.05, 0.1) is 5.92 Å². The van der Waals surface area contributed by atoms with Crippen LogP contribution in [0.2, 0.25) is 0 Å². The minimum Gasteiger partial charge on any atom is -0.339 e. The van der Waals surface area contributed by atoms with Gasteiger partial charge in [0, 0.05) is 36.7 Å². The summed E-state index contributed by atoms with van der Waals surface area (Å²) < 4.78 is 19.2. The van der Waals surface area contributed by atoms with Gasteiger partial charge in [0.25, 0.3) is 0 Å². The third-order valence-corrected chi connectivity index (χ3v) is 6.01. The summed E-state index contributed by atoms with van der Waals surface area (Å²) in [6.07, 6.45) is 7.41. The Balaban J connectivity index is 1.55. The number of aliphatic imine (C=N–C) groups is 1. The molecule has 3 heterocycles. The molecule has 1 aromatic rings. The first-order valence-corrected chi connectivity index (χ1v) is 10.4. The van der Waals surface area contributed by atoms with Gasteiger partial charge >= 0.3 is 0 Å². The highest BCUT2D eigenvalue weighted by atomic mass is 35.5. The number of carbonyl (C=O) groups excluding carboxylic acids is 1. The van der Waals surface area contributed by atoms with Gasteiger partial charge in [0.1, 0.15) is 11.5 Å². The van der Waals surface area contributed by atoms with Crippen LogP contribution in [0, 0.1) is 0 Å². The molecule has 6 nitrogen and oxygen atoms in total. The smallest absolute Gasteiger partial charge is 0.250 e. The molecule has 29 heavy (non-hydrogen) atoms. The number of fused-ring (bicyclic) bond motifs is 1. The number of hydrogen-bond donors (Lipinski definition) is 0. The fourth-order valence-corrected chi connectivity index (χ4v) is 4.52. The molecule has 0 aromatic carbocycles. The number of aromatic nitrogens is 2. The lowest BCUT2D eigenvalue weighted by Gasteiger charge is -2.38. The highest BCUT2D eigenvalue weighted by Crippen LogP contribution is 2.38. The molecule has 4 rings (SSSR count). The first kappa shape index (κ1) is 20.0. The summed E-state index contributed by atoms with van der Waals surface area (Å²) in [4.78, 5) is 23.8. The predicted octanol–water partition coefficient (Wildman–Crippen LogP) is 4.44. The monoisotopic (exact) mass is 418 g/mol. The van der Waals surface area contributed by atoms with Crippen molar-refractivity contribution in [1.82, 2.24) is 15.0 Å². The lowest BCUT2D eigenvalue weighted by molar-refractivity contribution is -0.131. The maximum absolute atomic E-state index is 13.7. The molecule has 1 amide bonds. The molecule has 3 aliphatic rings. The number of piperidine rings is 1. The van der Waals surface area contributed by atoms with Gasteiger partial charge in [-0.3, -0.25) is 9.79 Å². The van der Waals surface area contributed by atoms with Crippen molar-refractivity contribution in [2.24, 2.45) is 4.99 Å². The van der Waals surface area contributed by atoms with E-state index in [4.69, 9.17) is 16.1 Å². The second-order valence-corrected chi connectivity index (χ2v) is 8.41.